The van der Waals surface area contributed by atoms with E-state index in [1.165, 1.54) is 0 Å². The van der Waals surface area contributed by atoms with Crippen LogP contribution in [0.25, 0.3) is 0 Å². The quantitative estimate of drug-likeness (QED) is 0.413. The predicted octanol–water partition coefficient (Wildman–Crippen LogP) is 1.28. The summed E-state index contributed by atoms with van der Waals surface area (Å²) < 4.78 is 28.5. The first-order valence-corrected chi connectivity index (χ1v) is 7.00. The summed E-state index contributed by atoms with van der Waals surface area (Å²) >= 11 is 0. The van der Waals surface area contributed by atoms with Crippen LogP contribution < -0.4 is 0 Å². The highest BCUT2D eigenvalue weighted by Gasteiger charge is 2.02. The molecule has 0 saturated carbocycles. The van der Waals surface area contributed by atoms with Crippen molar-refractivity contribution in [3.05, 3.63) is 0 Å². The van der Waals surface area contributed by atoms with E-state index in [2.05, 4.69) is 0 Å². The molecule has 0 bridgehead atoms. The average molecular weight is 202 g/mol. The lowest BCUT2D eigenvalue weighted by molar-refractivity contribution is 0.482. The molecule has 0 saturated heterocycles. The molecule has 3 nitrogen and oxygen atoms in total. The summed E-state index contributed by atoms with van der Waals surface area (Å²) in [5.41, 5.74) is 0. The molecule has 0 aromatic rings. The van der Waals surface area contributed by atoms with Crippen molar-refractivity contribution >= 4 is 31.7 Å². The Morgan fingerprint density at radius 2 is 2.10 bits per heavy atom. The van der Waals surface area contributed by atoms with E-state index in [0.717, 1.165) is 5.75 Å². The molecule has 0 heterocycles. The van der Waals surface area contributed by atoms with Crippen LogP contribution in [0.15, 0.2) is 0 Å². The number of rotatable bonds is 5. The van der Waals surface area contributed by atoms with Gasteiger partial charge in [-0.25, -0.2) is 0 Å². The van der Waals surface area contributed by atoms with Crippen LogP contribution in [0, 0.1) is 0 Å². The van der Waals surface area contributed by atoms with E-state index < -0.39 is 10.1 Å². The Morgan fingerprint density at radius 1 is 1.50 bits per heavy atom. The Balaban J connectivity index is 3.21. The Hall–Kier alpha value is 0.610. The van der Waals surface area contributed by atoms with Crippen LogP contribution in [0.2, 0.25) is 0 Å². The highest BCUT2D eigenvalue weighted by Crippen LogP contribution is 2.17. The third kappa shape index (κ3) is 8.61. The maximum atomic E-state index is 10.1. The SMILES string of the molecule is CSSCCCS(=O)(=O)O. The zero-order valence-electron chi connectivity index (χ0n) is 5.61. The Labute approximate surface area is 69.1 Å². The summed E-state index contributed by atoms with van der Waals surface area (Å²) in [5.74, 6) is 0.640. The number of hydrogen-bond donors (Lipinski definition) is 1. The zero-order chi connectivity index (χ0) is 8.04. The van der Waals surface area contributed by atoms with Crippen LogP contribution >= 0.6 is 21.6 Å². The molecule has 0 unspecified atom stereocenters. The molecule has 6 heteroatoms. The minimum atomic E-state index is -3.73. The third-order valence-corrected chi connectivity index (χ3v) is 3.45. The van der Waals surface area contributed by atoms with E-state index in [1.807, 2.05) is 6.26 Å². The van der Waals surface area contributed by atoms with E-state index in [0.29, 0.717) is 6.42 Å². The molecule has 0 aliphatic rings. The summed E-state index contributed by atoms with van der Waals surface area (Å²) in [6, 6.07) is 0. The molecule has 0 aliphatic carbocycles. The minimum Gasteiger partial charge on any atom is -0.286 e. The maximum Gasteiger partial charge on any atom is 0.264 e. The molecule has 0 aromatic carbocycles. The molecule has 0 aromatic heterocycles. The molecule has 0 rings (SSSR count). The predicted molar refractivity (Wildman–Crippen MR) is 47.0 cm³/mol. The first kappa shape index (κ1) is 10.6. The maximum absolute atomic E-state index is 10.1. The topological polar surface area (TPSA) is 54.4 Å². The Kier molecular flexibility index (Phi) is 5.61. The summed E-state index contributed by atoms with van der Waals surface area (Å²) in [4.78, 5) is 0. The van der Waals surface area contributed by atoms with Crippen LogP contribution in [-0.2, 0) is 10.1 Å². The molecular weight excluding hydrogens is 192 g/mol. The zero-order valence-corrected chi connectivity index (χ0v) is 8.06. The largest absolute Gasteiger partial charge is 0.286 e. The normalized spacial score (nSPS) is 11.8. The van der Waals surface area contributed by atoms with Crippen molar-refractivity contribution in [3.63, 3.8) is 0 Å². The monoisotopic (exact) mass is 202 g/mol. The van der Waals surface area contributed by atoms with E-state index in [9.17, 15) is 8.42 Å². The van der Waals surface area contributed by atoms with Gasteiger partial charge in [0, 0.05) is 5.75 Å². The summed E-state index contributed by atoms with van der Waals surface area (Å²) in [6.07, 6.45) is 2.45. The van der Waals surface area contributed by atoms with Gasteiger partial charge in [-0.15, -0.1) is 0 Å². The van der Waals surface area contributed by atoms with Crippen LogP contribution in [0.5, 0.6) is 0 Å². The second-order valence-electron chi connectivity index (χ2n) is 1.63. The van der Waals surface area contributed by atoms with Gasteiger partial charge in [-0.1, -0.05) is 21.6 Å². The fourth-order valence-corrected chi connectivity index (χ4v) is 2.36. The molecule has 0 fully saturated rings. The van der Waals surface area contributed by atoms with Crippen LogP contribution in [0.1, 0.15) is 6.42 Å². The van der Waals surface area contributed by atoms with Gasteiger partial charge in [0.25, 0.3) is 10.1 Å². The van der Waals surface area contributed by atoms with Gasteiger partial charge in [0.05, 0.1) is 5.75 Å². The number of hydrogen-bond acceptors (Lipinski definition) is 4. The van der Waals surface area contributed by atoms with Gasteiger partial charge in [0.1, 0.15) is 0 Å². The van der Waals surface area contributed by atoms with Gasteiger partial charge in [-0.2, -0.15) is 8.42 Å². The second kappa shape index (κ2) is 5.29. The molecule has 62 valence electrons. The highest BCUT2D eigenvalue weighted by molar-refractivity contribution is 8.76. The lowest BCUT2D eigenvalue weighted by Gasteiger charge is -1.94. The van der Waals surface area contributed by atoms with Crippen molar-refractivity contribution in [3.8, 4) is 0 Å². The fraction of sp³-hybridized carbons (Fsp3) is 1.00. The third-order valence-electron chi connectivity index (χ3n) is 0.748. The van der Waals surface area contributed by atoms with Crippen molar-refractivity contribution in [2.24, 2.45) is 0 Å². The smallest absolute Gasteiger partial charge is 0.264 e. The van der Waals surface area contributed by atoms with Crippen molar-refractivity contribution < 1.29 is 13.0 Å². The van der Waals surface area contributed by atoms with Gasteiger partial charge in [0.2, 0.25) is 0 Å². The van der Waals surface area contributed by atoms with E-state index in [1.54, 1.807) is 21.6 Å². The first-order valence-electron chi connectivity index (χ1n) is 2.67. The van der Waals surface area contributed by atoms with Crippen molar-refractivity contribution in [1.82, 2.24) is 0 Å². The van der Waals surface area contributed by atoms with Crippen molar-refractivity contribution in [2.45, 2.75) is 6.42 Å². The van der Waals surface area contributed by atoms with Gasteiger partial charge < -0.3 is 0 Å². The molecule has 0 aliphatic heterocycles. The molecular formula is C4H10O3S3. The van der Waals surface area contributed by atoms with Crippen LogP contribution in [0.3, 0.4) is 0 Å². The van der Waals surface area contributed by atoms with Crippen molar-refractivity contribution in [2.75, 3.05) is 17.8 Å². The first-order chi connectivity index (χ1) is 4.56. The van der Waals surface area contributed by atoms with E-state index >= 15 is 0 Å². The van der Waals surface area contributed by atoms with Gasteiger partial charge in [-0.3, -0.25) is 4.55 Å². The van der Waals surface area contributed by atoms with Crippen LogP contribution in [0.4, 0.5) is 0 Å². The standard InChI is InChI=1S/C4H10O3S3/c1-8-9-3-2-4-10(5,6)7/h2-4H2,1H3,(H,5,6,7). The molecule has 0 spiro atoms. The minimum absolute atomic E-state index is 0.124. The Bertz CT molecular complexity index is 163. The van der Waals surface area contributed by atoms with E-state index in [4.69, 9.17) is 4.55 Å². The lowest BCUT2D eigenvalue weighted by Crippen LogP contribution is -2.03. The molecule has 0 atom stereocenters. The van der Waals surface area contributed by atoms with E-state index in [-0.39, 0.29) is 5.75 Å². The molecule has 1 N–H and O–H groups in total. The summed E-state index contributed by atoms with van der Waals surface area (Å²) in [6.45, 7) is 0. The average Bonchev–Trinajstić information content (AvgIpc) is 1.78. The Morgan fingerprint density at radius 3 is 2.50 bits per heavy atom. The lowest BCUT2D eigenvalue weighted by atomic mass is 10.6. The summed E-state index contributed by atoms with van der Waals surface area (Å²) in [5, 5.41) is 0. The molecule has 10 heavy (non-hydrogen) atoms. The van der Waals surface area contributed by atoms with Gasteiger partial charge in [-0.05, 0) is 12.7 Å². The molecule has 0 radical (unpaired) electrons. The molecule has 0 amide bonds. The highest BCUT2D eigenvalue weighted by atomic mass is 33.1. The summed E-state index contributed by atoms with van der Waals surface area (Å²) in [7, 11) is -0.545. The van der Waals surface area contributed by atoms with Gasteiger partial charge >= 0.3 is 0 Å². The van der Waals surface area contributed by atoms with Crippen LogP contribution in [-0.4, -0.2) is 30.7 Å². The second-order valence-corrected chi connectivity index (χ2v) is 5.88. The fourth-order valence-electron chi connectivity index (χ4n) is 0.384. The van der Waals surface area contributed by atoms with Crippen molar-refractivity contribution in [1.29, 1.82) is 0 Å². The van der Waals surface area contributed by atoms with Gasteiger partial charge in [0.15, 0.2) is 0 Å².